The SMILES string of the molecule is O=C(OCc1ccccc1)c1[c]cccc1. The fourth-order valence-corrected chi connectivity index (χ4v) is 1.32. The fourth-order valence-electron chi connectivity index (χ4n) is 1.32. The van der Waals surface area contributed by atoms with E-state index in [1.165, 1.54) is 0 Å². The molecule has 79 valence electrons. The summed E-state index contributed by atoms with van der Waals surface area (Å²) in [6.45, 7) is 0.294. The van der Waals surface area contributed by atoms with Crippen LogP contribution in [0.3, 0.4) is 0 Å². The smallest absolute Gasteiger partial charge is 0.339 e. The molecule has 0 bridgehead atoms. The molecular formula is C14H11O2. The molecular weight excluding hydrogens is 200 g/mol. The highest BCUT2D eigenvalue weighted by Crippen LogP contribution is 2.05. The second kappa shape index (κ2) is 5.12. The molecule has 0 aliphatic heterocycles. The third-order valence-electron chi connectivity index (χ3n) is 2.14. The molecule has 0 fully saturated rings. The van der Waals surface area contributed by atoms with E-state index in [1.807, 2.05) is 36.4 Å². The lowest BCUT2D eigenvalue weighted by molar-refractivity contribution is 0.0472. The highest BCUT2D eigenvalue weighted by Gasteiger charge is 2.05. The molecule has 1 radical (unpaired) electrons. The van der Waals surface area contributed by atoms with Crippen LogP contribution in [-0.2, 0) is 11.3 Å². The first kappa shape index (κ1) is 10.4. The van der Waals surface area contributed by atoms with E-state index in [-0.39, 0.29) is 5.97 Å². The lowest BCUT2D eigenvalue weighted by atomic mass is 10.2. The Morgan fingerprint density at radius 1 is 1.06 bits per heavy atom. The zero-order valence-electron chi connectivity index (χ0n) is 8.72. The Morgan fingerprint density at radius 3 is 2.50 bits per heavy atom. The zero-order chi connectivity index (χ0) is 11.2. The van der Waals surface area contributed by atoms with Crippen molar-refractivity contribution in [3.8, 4) is 0 Å². The fraction of sp³-hybridized carbons (Fsp3) is 0.0714. The number of esters is 1. The molecule has 0 aromatic heterocycles. The summed E-state index contributed by atoms with van der Waals surface area (Å²) in [4.78, 5) is 11.6. The van der Waals surface area contributed by atoms with Gasteiger partial charge < -0.3 is 4.74 Å². The van der Waals surface area contributed by atoms with Gasteiger partial charge in [-0.15, -0.1) is 0 Å². The molecule has 0 amide bonds. The van der Waals surface area contributed by atoms with Crippen molar-refractivity contribution in [2.75, 3.05) is 0 Å². The molecule has 0 N–H and O–H groups in total. The summed E-state index contributed by atoms with van der Waals surface area (Å²) in [5.41, 5.74) is 1.44. The largest absolute Gasteiger partial charge is 0.457 e. The first-order valence-electron chi connectivity index (χ1n) is 5.04. The van der Waals surface area contributed by atoms with Crippen LogP contribution in [0.1, 0.15) is 15.9 Å². The number of hydrogen-bond acceptors (Lipinski definition) is 2. The standard InChI is InChI=1S/C14H11O2/c15-14(13-9-5-2-6-10-13)16-11-12-7-3-1-4-8-12/h1-9H,11H2. The maximum absolute atomic E-state index is 11.6. The van der Waals surface area contributed by atoms with Crippen LogP contribution < -0.4 is 0 Å². The highest BCUT2D eigenvalue weighted by molar-refractivity contribution is 5.88. The average Bonchev–Trinajstić information content (AvgIpc) is 2.38. The predicted octanol–water partition coefficient (Wildman–Crippen LogP) is 2.84. The van der Waals surface area contributed by atoms with Gasteiger partial charge in [-0.05, 0) is 17.7 Å². The van der Waals surface area contributed by atoms with E-state index in [1.54, 1.807) is 18.2 Å². The minimum Gasteiger partial charge on any atom is -0.457 e. The summed E-state index contributed by atoms with van der Waals surface area (Å²) in [7, 11) is 0. The topological polar surface area (TPSA) is 26.3 Å². The molecule has 0 aliphatic carbocycles. The van der Waals surface area contributed by atoms with Crippen LogP contribution >= 0.6 is 0 Å². The third-order valence-corrected chi connectivity index (χ3v) is 2.14. The van der Waals surface area contributed by atoms with Gasteiger partial charge in [0.25, 0.3) is 0 Å². The molecule has 16 heavy (non-hydrogen) atoms. The first-order valence-corrected chi connectivity index (χ1v) is 5.04. The summed E-state index contributed by atoms with van der Waals surface area (Å²) in [6.07, 6.45) is 0. The van der Waals surface area contributed by atoms with Crippen molar-refractivity contribution in [3.05, 3.63) is 71.8 Å². The lowest BCUT2D eigenvalue weighted by Crippen LogP contribution is -2.04. The quantitative estimate of drug-likeness (QED) is 0.730. The summed E-state index contributed by atoms with van der Waals surface area (Å²) >= 11 is 0. The van der Waals surface area contributed by atoms with E-state index in [9.17, 15) is 4.79 Å². The van der Waals surface area contributed by atoms with Crippen LogP contribution in [-0.4, -0.2) is 5.97 Å². The number of rotatable bonds is 3. The van der Waals surface area contributed by atoms with Crippen molar-refractivity contribution in [3.63, 3.8) is 0 Å². The first-order chi connectivity index (χ1) is 7.86. The van der Waals surface area contributed by atoms with E-state index >= 15 is 0 Å². The Balaban J connectivity index is 1.95. The average molecular weight is 211 g/mol. The van der Waals surface area contributed by atoms with Gasteiger partial charge in [0.1, 0.15) is 6.61 Å². The molecule has 2 aromatic carbocycles. The zero-order valence-corrected chi connectivity index (χ0v) is 8.72. The second-order valence-corrected chi connectivity index (χ2v) is 3.34. The number of benzene rings is 2. The summed E-state index contributed by atoms with van der Waals surface area (Å²) in [5.74, 6) is -0.343. The molecule has 0 atom stereocenters. The minimum absolute atomic E-state index is 0.294. The van der Waals surface area contributed by atoms with Gasteiger partial charge in [-0.2, -0.15) is 0 Å². The van der Waals surface area contributed by atoms with Crippen molar-refractivity contribution in [2.45, 2.75) is 6.61 Å². The summed E-state index contributed by atoms with van der Waals surface area (Å²) < 4.78 is 5.14. The number of carbonyl (C=O) groups excluding carboxylic acids is 1. The molecule has 0 saturated carbocycles. The summed E-state index contributed by atoms with van der Waals surface area (Å²) in [6, 6.07) is 19.4. The van der Waals surface area contributed by atoms with Crippen molar-refractivity contribution < 1.29 is 9.53 Å². The van der Waals surface area contributed by atoms with Gasteiger partial charge in [-0.25, -0.2) is 4.79 Å². The van der Waals surface area contributed by atoms with Gasteiger partial charge in [0, 0.05) is 0 Å². The van der Waals surface area contributed by atoms with Crippen LogP contribution in [0.4, 0.5) is 0 Å². The van der Waals surface area contributed by atoms with Gasteiger partial charge in [0.15, 0.2) is 0 Å². The van der Waals surface area contributed by atoms with Crippen molar-refractivity contribution in [1.29, 1.82) is 0 Å². The molecule has 2 rings (SSSR count). The Morgan fingerprint density at radius 2 is 1.81 bits per heavy atom. The maximum Gasteiger partial charge on any atom is 0.339 e. The Labute approximate surface area is 94.5 Å². The van der Waals surface area contributed by atoms with Crippen molar-refractivity contribution >= 4 is 5.97 Å². The van der Waals surface area contributed by atoms with E-state index in [0.29, 0.717) is 12.2 Å². The van der Waals surface area contributed by atoms with Crippen LogP contribution in [0.25, 0.3) is 0 Å². The summed E-state index contributed by atoms with van der Waals surface area (Å²) in [5, 5.41) is 0. The molecule has 0 spiro atoms. The van der Waals surface area contributed by atoms with Gasteiger partial charge in [0.05, 0.1) is 5.56 Å². The number of ether oxygens (including phenoxy) is 1. The normalized spacial score (nSPS) is 9.75. The number of hydrogen-bond donors (Lipinski definition) is 0. The van der Waals surface area contributed by atoms with Crippen molar-refractivity contribution in [2.24, 2.45) is 0 Å². The monoisotopic (exact) mass is 211 g/mol. The number of carbonyl (C=O) groups is 1. The Kier molecular flexibility index (Phi) is 3.34. The minimum atomic E-state index is -0.343. The van der Waals surface area contributed by atoms with Crippen LogP contribution in [0.5, 0.6) is 0 Å². The lowest BCUT2D eigenvalue weighted by Gasteiger charge is -2.04. The van der Waals surface area contributed by atoms with E-state index in [0.717, 1.165) is 5.56 Å². The van der Waals surface area contributed by atoms with Gasteiger partial charge in [0.2, 0.25) is 0 Å². The molecule has 0 aliphatic rings. The van der Waals surface area contributed by atoms with Crippen molar-refractivity contribution in [1.82, 2.24) is 0 Å². The van der Waals surface area contributed by atoms with E-state index < -0.39 is 0 Å². The molecule has 0 unspecified atom stereocenters. The van der Waals surface area contributed by atoms with Gasteiger partial charge in [-0.3, -0.25) is 0 Å². The van der Waals surface area contributed by atoms with Crippen LogP contribution in [0.15, 0.2) is 54.6 Å². The predicted molar refractivity (Wildman–Crippen MR) is 60.8 cm³/mol. The molecule has 0 heterocycles. The van der Waals surface area contributed by atoms with E-state index in [2.05, 4.69) is 6.07 Å². The second-order valence-electron chi connectivity index (χ2n) is 3.34. The third kappa shape index (κ3) is 2.70. The molecule has 2 nitrogen and oxygen atoms in total. The highest BCUT2D eigenvalue weighted by atomic mass is 16.5. The van der Waals surface area contributed by atoms with Crippen LogP contribution in [0.2, 0.25) is 0 Å². The Bertz CT molecular complexity index is 449. The maximum atomic E-state index is 11.6. The molecule has 0 saturated heterocycles. The van der Waals surface area contributed by atoms with Gasteiger partial charge in [-0.1, -0.05) is 48.5 Å². The molecule has 2 aromatic rings. The Hall–Kier alpha value is -2.09. The van der Waals surface area contributed by atoms with E-state index in [4.69, 9.17) is 4.74 Å². The molecule has 2 heteroatoms. The van der Waals surface area contributed by atoms with Gasteiger partial charge >= 0.3 is 5.97 Å². The van der Waals surface area contributed by atoms with Crippen LogP contribution in [0, 0.1) is 6.07 Å².